The molecule has 0 radical (unpaired) electrons. The lowest BCUT2D eigenvalue weighted by Crippen LogP contribution is -2.20. The number of anilines is 1. The van der Waals surface area contributed by atoms with Gasteiger partial charge in [-0.25, -0.2) is 8.42 Å². The molecule has 6 nitrogen and oxygen atoms in total. The molecular weight excluding hydrogens is 328 g/mol. The number of nitrogens with two attached hydrogens (primary N) is 1. The number of sulfonamides is 1. The van der Waals surface area contributed by atoms with Crippen molar-refractivity contribution in [1.82, 2.24) is 0 Å². The van der Waals surface area contributed by atoms with Crippen LogP contribution in [0.4, 0.5) is 5.69 Å². The van der Waals surface area contributed by atoms with Gasteiger partial charge in [0.1, 0.15) is 10.6 Å². The molecule has 24 heavy (non-hydrogen) atoms. The molecule has 0 spiro atoms. The van der Waals surface area contributed by atoms with Crippen molar-refractivity contribution in [2.75, 3.05) is 11.8 Å². The summed E-state index contributed by atoms with van der Waals surface area (Å²) >= 11 is 0. The number of carbonyl (C=O) groups is 1. The lowest BCUT2D eigenvalue weighted by atomic mass is 10.1. The Morgan fingerprint density at radius 2 is 1.79 bits per heavy atom. The van der Waals surface area contributed by atoms with E-state index in [1.807, 2.05) is 6.07 Å². The molecule has 2 aromatic carbocycles. The number of hydrogen-bond donors (Lipinski definition) is 2. The van der Waals surface area contributed by atoms with Gasteiger partial charge in [0.05, 0.1) is 18.4 Å². The molecule has 0 aliphatic rings. The minimum atomic E-state index is -3.96. The number of amides is 1. The second kappa shape index (κ2) is 6.52. The molecule has 0 heterocycles. The van der Waals surface area contributed by atoms with E-state index in [0.717, 1.165) is 5.56 Å². The van der Waals surface area contributed by atoms with Gasteiger partial charge in [-0.15, -0.1) is 0 Å². The van der Waals surface area contributed by atoms with Gasteiger partial charge in [-0.3, -0.25) is 9.52 Å². The van der Waals surface area contributed by atoms with Gasteiger partial charge in [0.15, 0.2) is 0 Å². The van der Waals surface area contributed by atoms with Crippen LogP contribution in [0, 0.1) is 20.8 Å². The third-order valence-corrected chi connectivity index (χ3v) is 5.01. The normalized spacial score (nSPS) is 11.2. The van der Waals surface area contributed by atoms with Gasteiger partial charge >= 0.3 is 0 Å². The molecule has 128 valence electrons. The Balaban J connectivity index is 2.59. The van der Waals surface area contributed by atoms with Gasteiger partial charge in [-0.1, -0.05) is 18.2 Å². The van der Waals surface area contributed by atoms with Crippen LogP contribution in [0.3, 0.4) is 0 Å². The molecule has 0 atom stereocenters. The van der Waals surface area contributed by atoms with Crippen LogP contribution in [0.15, 0.2) is 35.2 Å². The van der Waals surface area contributed by atoms with Crippen molar-refractivity contribution in [1.29, 1.82) is 0 Å². The zero-order valence-electron chi connectivity index (χ0n) is 14.0. The molecular formula is C17H20N2O4S. The van der Waals surface area contributed by atoms with Gasteiger partial charge in [-0.2, -0.15) is 0 Å². The fourth-order valence-corrected chi connectivity index (χ4v) is 4.06. The summed E-state index contributed by atoms with van der Waals surface area (Å²) in [5.74, 6) is -0.431. The van der Waals surface area contributed by atoms with Crippen LogP contribution in [0.5, 0.6) is 5.75 Å². The second-order valence-corrected chi connectivity index (χ2v) is 7.23. The summed E-state index contributed by atoms with van der Waals surface area (Å²) in [6, 6.07) is 8.20. The van der Waals surface area contributed by atoms with Crippen LogP contribution in [0.25, 0.3) is 0 Å². The Morgan fingerprint density at radius 3 is 2.38 bits per heavy atom. The first-order valence-corrected chi connectivity index (χ1v) is 8.73. The van der Waals surface area contributed by atoms with E-state index >= 15 is 0 Å². The fourth-order valence-electron chi connectivity index (χ4n) is 2.66. The fraction of sp³-hybridized carbons (Fsp3) is 0.235. The number of rotatable bonds is 5. The number of methoxy groups -OCH3 is 1. The molecule has 0 bridgehead atoms. The smallest absolute Gasteiger partial charge is 0.265 e. The second-order valence-electron chi connectivity index (χ2n) is 5.58. The maximum atomic E-state index is 12.8. The number of benzene rings is 2. The number of hydrogen-bond acceptors (Lipinski definition) is 4. The van der Waals surface area contributed by atoms with E-state index in [-0.39, 0.29) is 21.9 Å². The average molecular weight is 348 g/mol. The first kappa shape index (κ1) is 17.8. The summed E-state index contributed by atoms with van der Waals surface area (Å²) in [6.45, 7) is 5.26. The Labute approximate surface area is 141 Å². The zero-order valence-corrected chi connectivity index (χ0v) is 14.8. The number of primary amides is 1. The topological polar surface area (TPSA) is 98.5 Å². The maximum absolute atomic E-state index is 12.8. The molecule has 0 aliphatic heterocycles. The lowest BCUT2D eigenvalue weighted by Gasteiger charge is -2.16. The van der Waals surface area contributed by atoms with Gasteiger partial charge in [0.2, 0.25) is 0 Å². The molecule has 0 aliphatic carbocycles. The number of aryl methyl sites for hydroxylation is 3. The zero-order chi connectivity index (χ0) is 18.1. The van der Waals surface area contributed by atoms with Crippen molar-refractivity contribution in [3.63, 3.8) is 0 Å². The van der Waals surface area contributed by atoms with Crippen molar-refractivity contribution >= 4 is 21.6 Å². The number of nitrogens with one attached hydrogen (secondary N) is 1. The molecule has 2 rings (SSSR count). The minimum absolute atomic E-state index is 0.0134. The Bertz CT molecular complexity index is 905. The van der Waals surface area contributed by atoms with Gasteiger partial charge in [0, 0.05) is 0 Å². The van der Waals surface area contributed by atoms with Crippen LogP contribution < -0.4 is 15.2 Å². The van der Waals surface area contributed by atoms with E-state index in [0.29, 0.717) is 11.1 Å². The van der Waals surface area contributed by atoms with E-state index < -0.39 is 15.9 Å². The third-order valence-electron chi connectivity index (χ3n) is 3.64. The van der Waals surface area contributed by atoms with Crippen LogP contribution in [-0.4, -0.2) is 21.4 Å². The van der Waals surface area contributed by atoms with Crippen molar-refractivity contribution in [3.8, 4) is 5.75 Å². The quantitative estimate of drug-likeness (QED) is 0.867. The SMILES string of the molecule is COc1c(C)cc(C)cc1S(=O)(=O)Nc1cccc(C)c1C(N)=O. The first-order valence-electron chi connectivity index (χ1n) is 7.25. The third kappa shape index (κ3) is 3.35. The van der Waals surface area contributed by atoms with Crippen molar-refractivity contribution < 1.29 is 17.9 Å². The van der Waals surface area contributed by atoms with Gasteiger partial charge in [0.25, 0.3) is 15.9 Å². The molecule has 0 fully saturated rings. The van der Waals surface area contributed by atoms with E-state index in [4.69, 9.17) is 10.5 Å². The lowest BCUT2D eigenvalue weighted by molar-refractivity contribution is 0.100. The summed E-state index contributed by atoms with van der Waals surface area (Å²) in [7, 11) is -2.54. The highest BCUT2D eigenvalue weighted by atomic mass is 32.2. The largest absolute Gasteiger partial charge is 0.495 e. The van der Waals surface area contributed by atoms with Crippen molar-refractivity contribution in [3.05, 3.63) is 52.6 Å². The molecule has 0 saturated heterocycles. The molecule has 0 saturated carbocycles. The van der Waals surface area contributed by atoms with Crippen LogP contribution in [0.1, 0.15) is 27.0 Å². The van der Waals surface area contributed by atoms with E-state index in [1.165, 1.54) is 19.2 Å². The summed E-state index contributed by atoms with van der Waals surface area (Å²) < 4.78 is 33.3. The predicted octanol–water partition coefficient (Wildman–Crippen LogP) is 2.52. The average Bonchev–Trinajstić information content (AvgIpc) is 2.45. The Morgan fingerprint density at radius 1 is 1.12 bits per heavy atom. The molecule has 0 unspecified atom stereocenters. The van der Waals surface area contributed by atoms with Gasteiger partial charge in [-0.05, 0) is 49.6 Å². The Hall–Kier alpha value is -2.54. The molecule has 3 N–H and O–H groups in total. The first-order chi connectivity index (χ1) is 11.2. The van der Waals surface area contributed by atoms with Crippen molar-refractivity contribution in [2.24, 2.45) is 5.73 Å². The minimum Gasteiger partial charge on any atom is -0.495 e. The maximum Gasteiger partial charge on any atom is 0.265 e. The highest BCUT2D eigenvalue weighted by molar-refractivity contribution is 7.92. The highest BCUT2D eigenvalue weighted by Gasteiger charge is 2.24. The van der Waals surface area contributed by atoms with Crippen LogP contribution in [-0.2, 0) is 10.0 Å². The van der Waals surface area contributed by atoms with E-state index in [2.05, 4.69) is 4.72 Å². The molecule has 2 aromatic rings. The summed E-state index contributed by atoms with van der Waals surface area (Å²) in [6.07, 6.45) is 0. The number of carbonyl (C=O) groups excluding carboxylic acids is 1. The van der Waals surface area contributed by atoms with E-state index in [9.17, 15) is 13.2 Å². The summed E-state index contributed by atoms with van der Waals surface area (Å²) in [5, 5.41) is 0. The number of ether oxygens (including phenoxy) is 1. The van der Waals surface area contributed by atoms with Crippen LogP contribution in [0.2, 0.25) is 0 Å². The summed E-state index contributed by atoms with van der Waals surface area (Å²) in [4.78, 5) is 11.7. The highest BCUT2D eigenvalue weighted by Crippen LogP contribution is 2.31. The standard InChI is InChI=1S/C17H20N2O4S/c1-10-8-12(3)16(23-4)14(9-10)24(21,22)19-13-7-5-6-11(2)15(13)17(18)20/h5-9,19H,1-4H3,(H2,18,20). The molecule has 7 heteroatoms. The Kier molecular flexibility index (Phi) is 4.84. The van der Waals surface area contributed by atoms with Gasteiger partial charge < -0.3 is 10.5 Å². The predicted molar refractivity (Wildman–Crippen MR) is 93.0 cm³/mol. The van der Waals surface area contributed by atoms with Crippen LogP contribution >= 0.6 is 0 Å². The molecule has 1 amide bonds. The molecule has 0 aromatic heterocycles. The monoisotopic (exact) mass is 348 g/mol. The van der Waals surface area contributed by atoms with Crippen molar-refractivity contribution in [2.45, 2.75) is 25.7 Å². The van der Waals surface area contributed by atoms with E-state index in [1.54, 1.807) is 32.9 Å². The summed E-state index contributed by atoms with van der Waals surface area (Å²) in [5.41, 5.74) is 7.75.